The van der Waals surface area contributed by atoms with Gasteiger partial charge < -0.3 is 9.84 Å². The van der Waals surface area contributed by atoms with Crippen LogP contribution in [0.4, 0.5) is 0 Å². The van der Waals surface area contributed by atoms with Gasteiger partial charge in [-0.25, -0.2) is 9.59 Å². The van der Waals surface area contributed by atoms with Crippen molar-refractivity contribution >= 4 is 11.9 Å². The molecule has 0 aromatic carbocycles. The Hall–Kier alpha value is -1.66. The van der Waals surface area contributed by atoms with Crippen LogP contribution in [0.25, 0.3) is 0 Å². The van der Waals surface area contributed by atoms with Gasteiger partial charge in [0.1, 0.15) is 0 Å². The van der Waals surface area contributed by atoms with Gasteiger partial charge in [-0.2, -0.15) is 5.26 Å². The van der Waals surface area contributed by atoms with Gasteiger partial charge in [0.25, 0.3) is 0 Å². The molecule has 0 fully saturated rings. The average Bonchev–Trinajstić information content (AvgIpc) is 2.37. The summed E-state index contributed by atoms with van der Waals surface area (Å²) in [5.41, 5.74) is 0.271. The zero-order chi connectivity index (χ0) is 13.7. The molecule has 17 heavy (non-hydrogen) atoms. The van der Waals surface area contributed by atoms with Gasteiger partial charge in [-0.3, -0.25) is 4.89 Å². The molecule has 0 aliphatic rings. The predicted molar refractivity (Wildman–Crippen MR) is 61.0 cm³/mol. The lowest BCUT2D eigenvalue weighted by Gasteiger charge is -1.96. The van der Waals surface area contributed by atoms with Crippen molar-refractivity contribution < 1.29 is 29.6 Å². The first-order valence-corrected chi connectivity index (χ1v) is 4.97. The van der Waals surface area contributed by atoms with Crippen LogP contribution in [0.1, 0.15) is 19.8 Å². The SMILES string of the molecule is C=C(CC)C(=O)OO.C=CC(=O)OCCCO. The Morgan fingerprint density at radius 3 is 2.29 bits per heavy atom. The van der Waals surface area contributed by atoms with Gasteiger partial charge in [0.2, 0.25) is 0 Å². The Kier molecular flexibility index (Phi) is 12.9. The van der Waals surface area contributed by atoms with Crippen LogP contribution in [0.2, 0.25) is 0 Å². The summed E-state index contributed by atoms with van der Waals surface area (Å²) in [4.78, 5) is 23.8. The van der Waals surface area contributed by atoms with E-state index in [1.165, 1.54) is 0 Å². The summed E-state index contributed by atoms with van der Waals surface area (Å²) >= 11 is 0. The van der Waals surface area contributed by atoms with Gasteiger partial charge >= 0.3 is 11.9 Å². The molecule has 0 atom stereocenters. The lowest BCUT2D eigenvalue weighted by atomic mass is 10.2. The third-order valence-electron chi connectivity index (χ3n) is 1.51. The topological polar surface area (TPSA) is 93.1 Å². The summed E-state index contributed by atoms with van der Waals surface area (Å²) in [7, 11) is 0. The van der Waals surface area contributed by atoms with Crippen LogP contribution in [0.5, 0.6) is 0 Å². The summed E-state index contributed by atoms with van der Waals surface area (Å²) < 4.78 is 4.51. The Morgan fingerprint density at radius 1 is 1.41 bits per heavy atom. The van der Waals surface area contributed by atoms with Crippen LogP contribution in [0, 0.1) is 0 Å². The normalized spacial score (nSPS) is 8.41. The fourth-order valence-corrected chi connectivity index (χ4v) is 0.505. The lowest BCUT2D eigenvalue weighted by Crippen LogP contribution is -2.02. The van der Waals surface area contributed by atoms with Crippen LogP contribution in [-0.4, -0.2) is 35.5 Å². The number of carbonyl (C=O) groups is 2. The number of hydrogen-bond donors (Lipinski definition) is 2. The van der Waals surface area contributed by atoms with Crippen molar-refractivity contribution in [1.82, 2.24) is 0 Å². The summed E-state index contributed by atoms with van der Waals surface area (Å²) in [5.74, 6) is -1.20. The zero-order valence-electron chi connectivity index (χ0n) is 9.85. The molecule has 0 heterocycles. The van der Waals surface area contributed by atoms with Crippen molar-refractivity contribution in [2.24, 2.45) is 0 Å². The van der Waals surface area contributed by atoms with Crippen molar-refractivity contribution in [2.45, 2.75) is 19.8 Å². The van der Waals surface area contributed by atoms with Crippen molar-refractivity contribution in [1.29, 1.82) is 0 Å². The van der Waals surface area contributed by atoms with Gasteiger partial charge in [0.15, 0.2) is 0 Å². The molecule has 0 unspecified atom stereocenters. The second kappa shape index (κ2) is 12.4. The first kappa shape index (κ1) is 17.7. The quantitative estimate of drug-likeness (QED) is 0.239. The fraction of sp³-hybridized carbons (Fsp3) is 0.455. The molecule has 0 radical (unpaired) electrons. The second-order valence-electron chi connectivity index (χ2n) is 2.78. The molecular weight excluding hydrogens is 228 g/mol. The zero-order valence-corrected chi connectivity index (χ0v) is 9.85. The van der Waals surface area contributed by atoms with E-state index in [2.05, 4.69) is 22.8 Å². The van der Waals surface area contributed by atoms with Crippen LogP contribution in [0.3, 0.4) is 0 Å². The maximum atomic E-state index is 10.3. The highest BCUT2D eigenvalue weighted by Gasteiger charge is 2.03. The minimum Gasteiger partial charge on any atom is -0.462 e. The van der Waals surface area contributed by atoms with E-state index in [0.29, 0.717) is 12.8 Å². The maximum Gasteiger partial charge on any atom is 0.368 e. The Morgan fingerprint density at radius 2 is 2.00 bits per heavy atom. The molecule has 98 valence electrons. The van der Waals surface area contributed by atoms with E-state index in [9.17, 15) is 9.59 Å². The molecule has 0 aliphatic carbocycles. The highest BCUT2D eigenvalue weighted by atomic mass is 17.1. The van der Waals surface area contributed by atoms with E-state index in [1.54, 1.807) is 6.92 Å². The van der Waals surface area contributed by atoms with Crippen molar-refractivity contribution in [3.05, 3.63) is 24.8 Å². The molecule has 6 nitrogen and oxygen atoms in total. The summed E-state index contributed by atoms with van der Waals surface area (Å²) in [6.07, 6.45) is 2.08. The van der Waals surface area contributed by atoms with E-state index in [1.807, 2.05) is 0 Å². The highest BCUT2D eigenvalue weighted by molar-refractivity contribution is 5.86. The Bertz CT molecular complexity index is 245. The molecule has 0 aliphatic heterocycles. The summed E-state index contributed by atoms with van der Waals surface area (Å²) in [6.45, 7) is 8.57. The van der Waals surface area contributed by atoms with Crippen molar-refractivity contribution in [3.8, 4) is 0 Å². The number of ether oxygens (including phenoxy) is 1. The average molecular weight is 246 g/mol. The fourth-order valence-electron chi connectivity index (χ4n) is 0.505. The molecule has 6 heteroatoms. The Balaban J connectivity index is 0. The first-order chi connectivity index (χ1) is 8.03. The highest BCUT2D eigenvalue weighted by Crippen LogP contribution is 1.96. The third kappa shape index (κ3) is 12.3. The lowest BCUT2D eigenvalue weighted by molar-refractivity contribution is -0.229. The molecule has 0 saturated carbocycles. The molecule has 2 N–H and O–H groups in total. The number of aliphatic hydroxyl groups is 1. The van der Waals surface area contributed by atoms with Crippen LogP contribution >= 0.6 is 0 Å². The third-order valence-corrected chi connectivity index (χ3v) is 1.51. The van der Waals surface area contributed by atoms with Crippen LogP contribution in [0.15, 0.2) is 24.8 Å². The van der Waals surface area contributed by atoms with Crippen LogP contribution < -0.4 is 0 Å². The van der Waals surface area contributed by atoms with E-state index in [4.69, 9.17) is 10.4 Å². The minimum absolute atomic E-state index is 0.0461. The first-order valence-electron chi connectivity index (χ1n) is 4.97. The Labute approximate surface area is 100 Å². The number of rotatable bonds is 6. The molecule has 0 aromatic heterocycles. The smallest absolute Gasteiger partial charge is 0.368 e. The molecule has 0 saturated heterocycles. The van der Waals surface area contributed by atoms with Gasteiger partial charge in [-0.1, -0.05) is 20.1 Å². The maximum absolute atomic E-state index is 10.3. The monoisotopic (exact) mass is 246 g/mol. The summed E-state index contributed by atoms with van der Waals surface area (Å²) in [6, 6.07) is 0. The number of carbonyl (C=O) groups excluding carboxylic acids is 2. The van der Waals surface area contributed by atoms with Gasteiger partial charge in [-0.15, -0.1) is 0 Å². The van der Waals surface area contributed by atoms with Gasteiger partial charge in [0.05, 0.1) is 6.61 Å². The standard InChI is InChI=1S/C6H10O3.C5H8O3/c1-2-6(8)9-5-3-4-7;1-3-4(2)5(6)8-7/h2,7H,1,3-5H2;7H,2-3H2,1H3. The van der Waals surface area contributed by atoms with Crippen molar-refractivity contribution in [2.75, 3.05) is 13.2 Å². The predicted octanol–water partition coefficient (Wildman–Crippen LogP) is 1.07. The number of hydrogen-bond acceptors (Lipinski definition) is 6. The van der Waals surface area contributed by atoms with Crippen molar-refractivity contribution in [3.63, 3.8) is 0 Å². The van der Waals surface area contributed by atoms with E-state index in [-0.39, 0.29) is 18.8 Å². The molecule has 0 aromatic rings. The minimum atomic E-state index is -0.757. The van der Waals surface area contributed by atoms with E-state index < -0.39 is 11.9 Å². The molecular formula is C11H18O6. The van der Waals surface area contributed by atoms with Gasteiger partial charge in [0, 0.05) is 24.7 Å². The summed E-state index contributed by atoms with van der Waals surface area (Å²) in [5, 5.41) is 16.0. The molecule has 0 bridgehead atoms. The molecule has 0 amide bonds. The number of esters is 1. The molecule has 0 spiro atoms. The second-order valence-corrected chi connectivity index (χ2v) is 2.78. The van der Waals surface area contributed by atoms with E-state index >= 15 is 0 Å². The molecule has 0 rings (SSSR count). The van der Waals surface area contributed by atoms with Crippen LogP contribution in [-0.2, 0) is 19.2 Å². The van der Waals surface area contributed by atoms with E-state index in [0.717, 1.165) is 6.08 Å². The van der Waals surface area contributed by atoms with Gasteiger partial charge in [-0.05, 0) is 6.42 Å². The number of aliphatic hydroxyl groups excluding tert-OH is 1. The largest absolute Gasteiger partial charge is 0.462 e.